The second-order valence-corrected chi connectivity index (χ2v) is 4.41. The van der Waals surface area contributed by atoms with E-state index in [2.05, 4.69) is 0 Å². The molecule has 0 bridgehead atoms. The Hall–Kier alpha value is -1.75. The molecule has 1 atom stereocenters. The van der Waals surface area contributed by atoms with E-state index in [1.165, 1.54) is 18.1 Å². The summed E-state index contributed by atoms with van der Waals surface area (Å²) in [6, 6.07) is 2.43. The van der Waals surface area contributed by atoms with E-state index in [9.17, 15) is 14.0 Å². The van der Waals surface area contributed by atoms with E-state index in [4.69, 9.17) is 4.74 Å². The van der Waals surface area contributed by atoms with Gasteiger partial charge in [-0.2, -0.15) is 0 Å². The van der Waals surface area contributed by atoms with Gasteiger partial charge in [-0.15, -0.1) is 0 Å². The van der Waals surface area contributed by atoms with Crippen molar-refractivity contribution in [3.8, 4) is 0 Å². The number of nitrogens with zero attached hydrogens (tertiary/aromatic N) is 1. The molecule has 0 spiro atoms. The Balaban J connectivity index is 2.48. The van der Waals surface area contributed by atoms with Gasteiger partial charge in [-0.1, -0.05) is 0 Å². The Morgan fingerprint density at radius 2 is 2.06 bits per heavy atom. The van der Waals surface area contributed by atoms with Crippen LogP contribution in [0.25, 0.3) is 0 Å². The number of rotatable bonds is 3. The minimum atomic E-state index is -0.657. The SMILES string of the molecule is COC(C)CN1C(=O)C(=O)c2cc(F)cc(C)c21. The molecule has 0 aliphatic carbocycles. The van der Waals surface area contributed by atoms with Gasteiger partial charge in [0.1, 0.15) is 5.82 Å². The zero-order valence-corrected chi connectivity index (χ0v) is 10.5. The molecular formula is C13H14FNO3. The Morgan fingerprint density at radius 1 is 1.39 bits per heavy atom. The predicted octanol–water partition coefficient (Wildman–Crippen LogP) is 1.70. The van der Waals surface area contributed by atoms with Crippen LogP contribution in [0.1, 0.15) is 22.8 Å². The number of methoxy groups -OCH3 is 1. The minimum absolute atomic E-state index is 0.140. The summed E-state index contributed by atoms with van der Waals surface area (Å²) in [5.41, 5.74) is 1.21. The van der Waals surface area contributed by atoms with Crippen LogP contribution < -0.4 is 4.90 Å². The number of halogens is 1. The van der Waals surface area contributed by atoms with Gasteiger partial charge in [-0.05, 0) is 31.5 Å². The molecule has 1 aliphatic rings. The number of amides is 1. The maximum Gasteiger partial charge on any atom is 0.299 e. The molecule has 0 aromatic heterocycles. The van der Waals surface area contributed by atoms with Crippen LogP contribution in [-0.4, -0.2) is 31.4 Å². The van der Waals surface area contributed by atoms with E-state index in [0.29, 0.717) is 11.3 Å². The highest BCUT2D eigenvalue weighted by atomic mass is 19.1. The van der Waals surface area contributed by atoms with E-state index < -0.39 is 17.5 Å². The highest BCUT2D eigenvalue weighted by Crippen LogP contribution is 2.33. The quantitative estimate of drug-likeness (QED) is 0.768. The largest absolute Gasteiger partial charge is 0.380 e. The zero-order chi connectivity index (χ0) is 13.4. The summed E-state index contributed by atoms with van der Waals surface area (Å²) in [5.74, 6) is -1.78. The normalized spacial score (nSPS) is 16.1. The predicted molar refractivity (Wildman–Crippen MR) is 64.3 cm³/mol. The monoisotopic (exact) mass is 251 g/mol. The highest BCUT2D eigenvalue weighted by molar-refractivity contribution is 6.52. The first-order chi connectivity index (χ1) is 8.45. The van der Waals surface area contributed by atoms with Crippen molar-refractivity contribution in [2.24, 2.45) is 0 Å². The lowest BCUT2D eigenvalue weighted by molar-refractivity contribution is -0.114. The van der Waals surface area contributed by atoms with Gasteiger partial charge in [0.05, 0.1) is 23.9 Å². The highest BCUT2D eigenvalue weighted by Gasteiger charge is 2.37. The Bertz CT molecular complexity index is 527. The summed E-state index contributed by atoms with van der Waals surface area (Å²) >= 11 is 0. The molecule has 0 fully saturated rings. The molecule has 0 saturated heterocycles. The third kappa shape index (κ3) is 1.90. The minimum Gasteiger partial charge on any atom is -0.380 e. The van der Waals surface area contributed by atoms with Crippen molar-refractivity contribution in [2.45, 2.75) is 20.0 Å². The summed E-state index contributed by atoms with van der Waals surface area (Å²) in [6.45, 7) is 3.76. The third-order valence-corrected chi connectivity index (χ3v) is 3.06. The van der Waals surface area contributed by atoms with Gasteiger partial charge in [0.2, 0.25) is 0 Å². The number of aryl methyl sites for hydroxylation is 1. The Kier molecular flexibility index (Phi) is 3.17. The lowest BCUT2D eigenvalue weighted by Gasteiger charge is -2.21. The van der Waals surface area contributed by atoms with E-state index >= 15 is 0 Å². The number of hydrogen-bond acceptors (Lipinski definition) is 3. The van der Waals surface area contributed by atoms with Crippen LogP contribution in [-0.2, 0) is 9.53 Å². The fourth-order valence-electron chi connectivity index (χ4n) is 2.11. The molecule has 5 heteroatoms. The van der Waals surface area contributed by atoms with Crippen LogP contribution in [0.4, 0.5) is 10.1 Å². The molecule has 1 unspecified atom stereocenters. The summed E-state index contributed by atoms with van der Waals surface area (Å²) in [6.07, 6.45) is -0.197. The Morgan fingerprint density at radius 3 is 2.67 bits per heavy atom. The van der Waals surface area contributed by atoms with Crippen LogP contribution >= 0.6 is 0 Å². The lowest BCUT2D eigenvalue weighted by Crippen LogP contribution is -2.36. The van der Waals surface area contributed by atoms with Crippen molar-refractivity contribution in [1.29, 1.82) is 0 Å². The first-order valence-corrected chi connectivity index (χ1v) is 5.64. The Labute approximate surface area is 104 Å². The van der Waals surface area contributed by atoms with Crippen molar-refractivity contribution in [3.05, 3.63) is 29.1 Å². The van der Waals surface area contributed by atoms with Crippen molar-refractivity contribution in [1.82, 2.24) is 0 Å². The molecule has 18 heavy (non-hydrogen) atoms. The molecule has 1 aromatic rings. The fourth-order valence-corrected chi connectivity index (χ4v) is 2.11. The van der Waals surface area contributed by atoms with Gasteiger partial charge in [0.15, 0.2) is 0 Å². The van der Waals surface area contributed by atoms with Gasteiger partial charge in [-0.3, -0.25) is 9.59 Å². The molecule has 0 radical (unpaired) electrons. The molecule has 96 valence electrons. The first kappa shape index (κ1) is 12.7. The molecule has 0 saturated carbocycles. The van der Waals surface area contributed by atoms with Crippen molar-refractivity contribution in [3.63, 3.8) is 0 Å². The summed E-state index contributed by atoms with van der Waals surface area (Å²) in [7, 11) is 1.53. The van der Waals surface area contributed by atoms with Crippen LogP contribution in [0, 0.1) is 12.7 Å². The van der Waals surface area contributed by atoms with Crippen molar-refractivity contribution >= 4 is 17.4 Å². The van der Waals surface area contributed by atoms with Crippen LogP contribution in [0.3, 0.4) is 0 Å². The van der Waals surface area contributed by atoms with Gasteiger partial charge in [0, 0.05) is 7.11 Å². The van der Waals surface area contributed by atoms with E-state index in [1.54, 1.807) is 13.8 Å². The van der Waals surface area contributed by atoms with E-state index in [0.717, 1.165) is 6.07 Å². The number of Topliss-reactive ketones (excluding diaryl/α,β-unsaturated/α-hetero) is 1. The first-order valence-electron chi connectivity index (χ1n) is 5.64. The number of carbonyl (C=O) groups is 2. The van der Waals surface area contributed by atoms with E-state index in [-0.39, 0.29) is 18.2 Å². The second-order valence-electron chi connectivity index (χ2n) is 4.41. The summed E-state index contributed by atoms with van der Waals surface area (Å²) in [4.78, 5) is 25.0. The molecule has 1 heterocycles. The summed E-state index contributed by atoms with van der Waals surface area (Å²) in [5, 5.41) is 0. The van der Waals surface area contributed by atoms with Gasteiger partial charge in [-0.25, -0.2) is 4.39 Å². The maximum atomic E-state index is 13.3. The standard InChI is InChI=1S/C13H14FNO3/c1-7-4-9(14)5-10-11(7)15(6-8(2)18-3)13(17)12(10)16/h4-5,8H,6H2,1-3H3. The maximum absolute atomic E-state index is 13.3. The molecule has 4 nitrogen and oxygen atoms in total. The smallest absolute Gasteiger partial charge is 0.299 e. The van der Waals surface area contributed by atoms with E-state index in [1.807, 2.05) is 0 Å². The number of ether oxygens (including phenoxy) is 1. The number of benzene rings is 1. The van der Waals surface area contributed by atoms with Crippen LogP contribution in [0.2, 0.25) is 0 Å². The average Bonchev–Trinajstić information content (AvgIpc) is 2.54. The zero-order valence-electron chi connectivity index (χ0n) is 10.5. The van der Waals surface area contributed by atoms with Crippen molar-refractivity contribution in [2.75, 3.05) is 18.6 Å². The molecule has 1 aromatic carbocycles. The molecule has 1 aliphatic heterocycles. The molecule has 2 rings (SSSR count). The van der Waals surface area contributed by atoms with Crippen molar-refractivity contribution < 1.29 is 18.7 Å². The molecular weight excluding hydrogens is 237 g/mol. The number of anilines is 1. The number of ketones is 1. The van der Waals surface area contributed by atoms with Gasteiger partial charge >= 0.3 is 0 Å². The topological polar surface area (TPSA) is 46.6 Å². The third-order valence-electron chi connectivity index (χ3n) is 3.06. The molecule has 1 amide bonds. The second kappa shape index (κ2) is 4.49. The number of carbonyl (C=O) groups excluding carboxylic acids is 2. The summed E-state index contributed by atoms with van der Waals surface area (Å²) < 4.78 is 18.4. The average molecular weight is 251 g/mol. The molecule has 0 N–H and O–H groups in total. The fraction of sp³-hybridized carbons (Fsp3) is 0.385. The van der Waals surface area contributed by atoms with Crippen LogP contribution in [0.5, 0.6) is 0 Å². The van der Waals surface area contributed by atoms with Gasteiger partial charge in [0.25, 0.3) is 11.7 Å². The lowest BCUT2D eigenvalue weighted by atomic mass is 10.1. The number of hydrogen-bond donors (Lipinski definition) is 0. The van der Waals surface area contributed by atoms with Gasteiger partial charge < -0.3 is 9.64 Å². The van der Waals surface area contributed by atoms with Crippen LogP contribution in [0.15, 0.2) is 12.1 Å². The number of fused-ring (bicyclic) bond motifs is 1.